The number of hydrogen-bond donors (Lipinski definition) is 2. The molecule has 0 radical (unpaired) electrons. The van der Waals surface area contributed by atoms with Crippen molar-refractivity contribution in [1.82, 2.24) is 14.5 Å². The van der Waals surface area contributed by atoms with E-state index in [1.54, 1.807) is 44.4 Å². The minimum atomic E-state index is -3.98. The van der Waals surface area contributed by atoms with Gasteiger partial charge in [-0.2, -0.15) is 9.78 Å². The molecule has 11 heteroatoms. The van der Waals surface area contributed by atoms with E-state index in [1.165, 1.54) is 12.1 Å². The maximum absolute atomic E-state index is 13.0. The van der Waals surface area contributed by atoms with Crippen molar-refractivity contribution in [3.63, 3.8) is 0 Å². The van der Waals surface area contributed by atoms with Crippen LogP contribution < -0.4 is 14.8 Å². The van der Waals surface area contributed by atoms with Crippen molar-refractivity contribution in [2.45, 2.75) is 31.2 Å². The summed E-state index contributed by atoms with van der Waals surface area (Å²) in [7, 11) is -2.42. The summed E-state index contributed by atoms with van der Waals surface area (Å²) in [5.41, 5.74) is 2.13. The van der Waals surface area contributed by atoms with Gasteiger partial charge in [0.15, 0.2) is 0 Å². The molecule has 2 aromatic carbocycles. The number of hydrogen-bond acceptors (Lipinski definition) is 6. The highest BCUT2D eigenvalue weighted by Gasteiger charge is 2.27. The van der Waals surface area contributed by atoms with Crippen LogP contribution in [-0.4, -0.2) is 37.1 Å². The Bertz CT molecular complexity index is 1350. The average molecular weight is 489 g/mol. The van der Waals surface area contributed by atoms with Crippen LogP contribution in [0.4, 0.5) is 5.82 Å². The van der Waals surface area contributed by atoms with E-state index in [4.69, 9.17) is 16.3 Å². The van der Waals surface area contributed by atoms with Crippen molar-refractivity contribution in [2.75, 3.05) is 12.4 Å². The molecule has 1 aromatic heterocycles. The summed E-state index contributed by atoms with van der Waals surface area (Å²) in [6.07, 6.45) is 0.0884. The molecule has 2 heterocycles. The van der Waals surface area contributed by atoms with E-state index in [2.05, 4.69) is 15.1 Å². The smallest absolute Gasteiger partial charge is 0.249 e. The van der Waals surface area contributed by atoms with Gasteiger partial charge in [-0.15, -0.1) is 0 Å². The average Bonchev–Trinajstić information content (AvgIpc) is 3.05. The Labute approximate surface area is 195 Å². The van der Waals surface area contributed by atoms with Crippen LogP contribution in [-0.2, 0) is 21.4 Å². The zero-order chi connectivity index (χ0) is 23.8. The first-order valence-corrected chi connectivity index (χ1v) is 11.9. The van der Waals surface area contributed by atoms with Crippen LogP contribution in [0.25, 0.3) is 11.1 Å². The minimum Gasteiger partial charge on any atom is -0.497 e. The number of aryl methyl sites for hydroxylation is 1. The number of carbonyl (C=O) groups is 2. The van der Waals surface area contributed by atoms with Crippen LogP contribution in [0.1, 0.15) is 28.9 Å². The summed E-state index contributed by atoms with van der Waals surface area (Å²) in [5, 5.41) is 6.99. The molecule has 33 heavy (non-hydrogen) atoms. The van der Waals surface area contributed by atoms with Crippen LogP contribution in [0.5, 0.6) is 5.75 Å². The van der Waals surface area contributed by atoms with Crippen molar-refractivity contribution in [3.05, 3.63) is 58.7 Å². The summed E-state index contributed by atoms with van der Waals surface area (Å²) >= 11 is 6.24. The Kier molecular flexibility index (Phi) is 6.24. The van der Waals surface area contributed by atoms with Crippen molar-refractivity contribution in [2.24, 2.45) is 0 Å². The molecule has 1 aliphatic heterocycles. The molecule has 172 valence electrons. The molecule has 0 fully saturated rings. The van der Waals surface area contributed by atoms with Gasteiger partial charge in [-0.3, -0.25) is 9.59 Å². The Morgan fingerprint density at radius 3 is 2.58 bits per heavy atom. The van der Waals surface area contributed by atoms with E-state index in [9.17, 15) is 18.0 Å². The van der Waals surface area contributed by atoms with Crippen LogP contribution in [0.15, 0.2) is 47.4 Å². The standard InChI is InChI=1S/C22H21ClN4O5S/c1-13-21(22-25-19(28)9-10-20(29)27(22)26-13)15-5-8-17(23)18(11-15)33(30,31)24-12-14-3-6-16(32-2)7-4-14/h3-8,11,24H,9-10,12H2,1-2H3,(H,25,28). The minimum absolute atomic E-state index is 0.0366. The van der Waals surface area contributed by atoms with Crippen molar-refractivity contribution < 1.29 is 22.7 Å². The molecule has 0 saturated heterocycles. The maximum atomic E-state index is 13.0. The Morgan fingerprint density at radius 1 is 1.15 bits per heavy atom. The molecule has 9 nitrogen and oxygen atoms in total. The molecular weight excluding hydrogens is 468 g/mol. The quantitative estimate of drug-likeness (QED) is 0.549. The molecule has 3 aromatic rings. The molecular formula is C22H21ClN4O5S. The molecule has 0 bridgehead atoms. The molecule has 0 unspecified atom stereocenters. The topological polar surface area (TPSA) is 119 Å². The van der Waals surface area contributed by atoms with Gasteiger partial charge in [0.05, 0.1) is 17.8 Å². The second kappa shape index (κ2) is 8.97. The van der Waals surface area contributed by atoms with E-state index in [0.29, 0.717) is 22.6 Å². The summed E-state index contributed by atoms with van der Waals surface area (Å²) in [5.74, 6) is 0.252. The summed E-state index contributed by atoms with van der Waals surface area (Å²) in [6.45, 7) is 1.74. The third kappa shape index (κ3) is 4.63. The molecule has 0 saturated carbocycles. The predicted octanol–water partition coefficient (Wildman–Crippen LogP) is 3.37. The van der Waals surface area contributed by atoms with Crippen molar-refractivity contribution >= 4 is 39.3 Å². The number of aromatic nitrogens is 2. The number of ether oxygens (including phenoxy) is 1. The fourth-order valence-electron chi connectivity index (χ4n) is 3.55. The lowest BCUT2D eigenvalue weighted by Crippen LogP contribution is -2.23. The van der Waals surface area contributed by atoms with E-state index < -0.39 is 10.0 Å². The number of nitrogens with one attached hydrogen (secondary N) is 2. The predicted molar refractivity (Wildman–Crippen MR) is 123 cm³/mol. The first-order chi connectivity index (χ1) is 15.7. The van der Waals surface area contributed by atoms with E-state index >= 15 is 0 Å². The van der Waals surface area contributed by atoms with Crippen molar-refractivity contribution in [1.29, 1.82) is 0 Å². The zero-order valence-electron chi connectivity index (χ0n) is 17.9. The van der Waals surface area contributed by atoms with Crippen LogP contribution in [0.3, 0.4) is 0 Å². The van der Waals surface area contributed by atoms with Crippen molar-refractivity contribution in [3.8, 4) is 16.9 Å². The van der Waals surface area contributed by atoms with Gasteiger partial charge in [0.25, 0.3) is 0 Å². The first-order valence-electron chi connectivity index (χ1n) is 10.0. The van der Waals surface area contributed by atoms with Gasteiger partial charge < -0.3 is 10.1 Å². The van der Waals surface area contributed by atoms with Gasteiger partial charge in [0, 0.05) is 24.9 Å². The number of halogens is 1. The number of fused-ring (bicyclic) bond motifs is 1. The van der Waals surface area contributed by atoms with E-state index in [0.717, 1.165) is 10.2 Å². The molecule has 2 N–H and O–H groups in total. The summed E-state index contributed by atoms with van der Waals surface area (Å²) < 4.78 is 34.9. The summed E-state index contributed by atoms with van der Waals surface area (Å²) in [4.78, 5) is 24.3. The molecule has 1 amide bonds. The molecule has 0 atom stereocenters. The number of rotatable bonds is 6. The Balaban J connectivity index is 1.68. The van der Waals surface area contributed by atoms with Gasteiger partial charge in [0.1, 0.15) is 16.5 Å². The molecule has 1 aliphatic rings. The van der Waals surface area contributed by atoms with Gasteiger partial charge in [-0.05, 0) is 42.3 Å². The van der Waals surface area contributed by atoms with Gasteiger partial charge >= 0.3 is 0 Å². The number of benzene rings is 2. The number of sulfonamides is 1. The number of methoxy groups -OCH3 is 1. The van der Waals surface area contributed by atoms with Gasteiger partial charge in [-0.25, -0.2) is 13.1 Å². The van der Waals surface area contributed by atoms with E-state index in [1.807, 2.05) is 0 Å². The lowest BCUT2D eigenvalue weighted by atomic mass is 10.1. The highest BCUT2D eigenvalue weighted by atomic mass is 35.5. The lowest BCUT2D eigenvalue weighted by molar-refractivity contribution is -0.116. The molecule has 4 rings (SSSR count). The molecule has 0 aliphatic carbocycles. The molecule has 0 spiro atoms. The van der Waals surface area contributed by atoms with Crippen LogP contribution >= 0.6 is 11.6 Å². The largest absolute Gasteiger partial charge is 0.497 e. The highest BCUT2D eigenvalue weighted by molar-refractivity contribution is 7.89. The fraction of sp³-hybridized carbons (Fsp3) is 0.227. The third-order valence-electron chi connectivity index (χ3n) is 5.26. The fourth-order valence-corrected chi connectivity index (χ4v) is 5.10. The zero-order valence-corrected chi connectivity index (χ0v) is 19.5. The highest BCUT2D eigenvalue weighted by Crippen LogP contribution is 2.36. The van der Waals surface area contributed by atoms with Gasteiger partial charge in [-0.1, -0.05) is 29.8 Å². The number of nitrogens with zero attached hydrogens (tertiary/aromatic N) is 2. The lowest BCUT2D eigenvalue weighted by Gasteiger charge is -2.12. The normalized spacial score (nSPS) is 13.9. The van der Waals surface area contributed by atoms with Gasteiger partial charge in [0.2, 0.25) is 21.8 Å². The van der Waals surface area contributed by atoms with Crippen LogP contribution in [0, 0.1) is 6.92 Å². The number of amides is 1. The maximum Gasteiger partial charge on any atom is 0.249 e. The Morgan fingerprint density at radius 2 is 1.88 bits per heavy atom. The number of carbonyl (C=O) groups excluding carboxylic acids is 2. The SMILES string of the molecule is COc1ccc(CNS(=O)(=O)c2cc(-c3c(C)nn4c3NC(=O)CCC4=O)ccc2Cl)cc1. The first kappa shape index (κ1) is 23.0. The number of anilines is 1. The second-order valence-electron chi connectivity index (χ2n) is 7.48. The monoisotopic (exact) mass is 488 g/mol. The second-order valence-corrected chi connectivity index (χ2v) is 9.62. The third-order valence-corrected chi connectivity index (χ3v) is 7.14. The summed E-state index contributed by atoms with van der Waals surface area (Å²) in [6, 6.07) is 11.5. The van der Waals surface area contributed by atoms with Crippen LogP contribution in [0.2, 0.25) is 5.02 Å². The Hall–Kier alpha value is -3.21. The van der Waals surface area contributed by atoms with E-state index in [-0.39, 0.29) is 46.9 Å².